The van der Waals surface area contributed by atoms with Gasteiger partial charge in [-0.25, -0.2) is 9.98 Å². The summed E-state index contributed by atoms with van der Waals surface area (Å²) >= 11 is 1.54. The van der Waals surface area contributed by atoms with Gasteiger partial charge in [-0.15, -0.1) is 0 Å². The van der Waals surface area contributed by atoms with Gasteiger partial charge in [-0.2, -0.15) is 5.26 Å². The highest BCUT2D eigenvalue weighted by Gasteiger charge is 2.31. The maximum Gasteiger partial charge on any atom is 0.210 e. The molecule has 2 aromatic carbocycles. The molecule has 5 nitrogen and oxygen atoms in total. The first kappa shape index (κ1) is 17.5. The third-order valence-corrected chi connectivity index (χ3v) is 5.22. The number of benzene rings is 2. The van der Waals surface area contributed by atoms with E-state index < -0.39 is 0 Å². The smallest absolute Gasteiger partial charge is 0.210 e. The van der Waals surface area contributed by atoms with Crippen LogP contribution < -0.4 is 9.47 Å². The number of thiazole rings is 1. The van der Waals surface area contributed by atoms with Crippen LogP contribution in [-0.2, 0) is 0 Å². The molecule has 0 N–H and O–H groups in total. The Morgan fingerprint density at radius 1 is 1.30 bits per heavy atom. The van der Waals surface area contributed by atoms with Crippen LogP contribution >= 0.6 is 11.3 Å². The maximum atomic E-state index is 9.23. The van der Waals surface area contributed by atoms with Gasteiger partial charge in [-0.05, 0) is 51.1 Å². The molecule has 6 heteroatoms. The van der Waals surface area contributed by atoms with E-state index in [-0.39, 0.29) is 5.60 Å². The van der Waals surface area contributed by atoms with E-state index in [2.05, 4.69) is 11.1 Å². The fourth-order valence-corrected chi connectivity index (χ4v) is 4.00. The van der Waals surface area contributed by atoms with E-state index in [1.807, 2.05) is 51.1 Å². The van der Waals surface area contributed by atoms with Gasteiger partial charge < -0.3 is 9.47 Å². The average molecular weight is 377 g/mol. The highest BCUT2D eigenvalue weighted by atomic mass is 32.1. The summed E-state index contributed by atoms with van der Waals surface area (Å²) < 4.78 is 12.7. The van der Waals surface area contributed by atoms with Crippen molar-refractivity contribution in [2.24, 2.45) is 4.99 Å². The van der Waals surface area contributed by atoms with Gasteiger partial charge in [0, 0.05) is 18.1 Å². The number of aromatic nitrogens is 1. The van der Waals surface area contributed by atoms with Gasteiger partial charge in [0.2, 0.25) is 5.13 Å². The second-order valence-electron chi connectivity index (χ2n) is 6.98. The third-order valence-electron chi connectivity index (χ3n) is 4.29. The Morgan fingerprint density at radius 2 is 2.15 bits per heavy atom. The Kier molecular flexibility index (Phi) is 4.33. The largest absolute Gasteiger partial charge is 0.494 e. The van der Waals surface area contributed by atoms with Crippen molar-refractivity contribution in [1.29, 1.82) is 5.26 Å². The Hall–Kier alpha value is -2.91. The molecule has 0 saturated carbocycles. The molecule has 1 aliphatic rings. The van der Waals surface area contributed by atoms with Gasteiger partial charge in [0.15, 0.2) is 0 Å². The predicted molar refractivity (Wildman–Crippen MR) is 107 cm³/mol. The monoisotopic (exact) mass is 377 g/mol. The number of ether oxygens (including phenoxy) is 2. The summed E-state index contributed by atoms with van der Waals surface area (Å²) in [5.74, 6) is 1.56. The van der Waals surface area contributed by atoms with Crippen LogP contribution in [0.4, 0.5) is 5.13 Å². The SMILES string of the molecule is CCOc1ccc2sc(/N=C3/CC(C)(C)Oc4ccc(C#N)cc43)nc2c1. The van der Waals surface area contributed by atoms with Crippen molar-refractivity contribution < 1.29 is 9.47 Å². The van der Waals surface area contributed by atoms with Crippen LogP contribution in [0.25, 0.3) is 10.2 Å². The van der Waals surface area contributed by atoms with Gasteiger partial charge in [0.25, 0.3) is 0 Å². The quantitative estimate of drug-likeness (QED) is 0.625. The Morgan fingerprint density at radius 3 is 2.93 bits per heavy atom. The summed E-state index contributed by atoms with van der Waals surface area (Å²) in [6.45, 7) is 6.66. The van der Waals surface area contributed by atoms with Crippen molar-refractivity contribution in [1.82, 2.24) is 4.98 Å². The Labute approximate surface area is 161 Å². The van der Waals surface area contributed by atoms with E-state index in [0.29, 0.717) is 23.7 Å². The van der Waals surface area contributed by atoms with Crippen LogP contribution in [0.3, 0.4) is 0 Å². The molecule has 0 atom stereocenters. The zero-order chi connectivity index (χ0) is 19.0. The van der Waals surface area contributed by atoms with Crippen LogP contribution in [-0.4, -0.2) is 22.9 Å². The molecule has 1 aliphatic heterocycles. The molecule has 136 valence electrons. The lowest BCUT2D eigenvalue weighted by Gasteiger charge is -2.33. The number of aliphatic imine (C=N–C) groups is 1. The van der Waals surface area contributed by atoms with E-state index in [9.17, 15) is 5.26 Å². The van der Waals surface area contributed by atoms with Crippen LogP contribution in [0.1, 0.15) is 38.3 Å². The molecule has 0 unspecified atom stereocenters. The highest BCUT2D eigenvalue weighted by molar-refractivity contribution is 7.22. The van der Waals surface area contributed by atoms with E-state index in [0.717, 1.165) is 33.0 Å². The lowest BCUT2D eigenvalue weighted by Crippen LogP contribution is -2.36. The first-order valence-corrected chi connectivity index (χ1v) is 9.63. The Balaban J connectivity index is 1.79. The molecule has 0 saturated heterocycles. The maximum absolute atomic E-state index is 9.23. The topological polar surface area (TPSA) is 67.5 Å². The molecular formula is C21H19N3O2S. The van der Waals surface area contributed by atoms with Crippen molar-refractivity contribution in [2.45, 2.75) is 32.8 Å². The zero-order valence-corrected chi connectivity index (χ0v) is 16.3. The fraction of sp³-hybridized carbons (Fsp3) is 0.286. The van der Waals surface area contributed by atoms with Crippen LogP contribution in [0.5, 0.6) is 11.5 Å². The summed E-state index contributed by atoms with van der Waals surface area (Å²) in [7, 11) is 0. The number of rotatable bonds is 3. The van der Waals surface area contributed by atoms with Crippen molar-refractivity contribution in [3.8, 4) is 17.6 Å². The molecule has 0 fully saturated rings. The third kappa shape index (κ3) is 3.51. The summed E-state index contributed by atoms with van der Waals surface area (Å²) in [6.07, 6.45) is 0.648. The van der Waals surface area contributed by atoms with E-state index in [1.165, 1.54) is 0 Å². The van der Waals surface area contributed by atoms with E-state index in [4.69, 9.17) is 14.5 Å². The lowest BCUT2D eigenvalue weighted by atomic mass is 9.91. The molecule has 0 aliphatic carbocycles. The van der Waals surface area contributed by atoms with Gasteiger partial charge in [0.1, 0.15) is 17.1 Å². The molecule has 1 aromatic heterocycles. The summed E-state index contributed by atoms with van der Waals surface area (Å²) in [4.78, 5) is 9.50. The van der Waals surface area contributed by atoms with Crippen LogP contribution in [0.15, 0.2) is 41.4 Å². The van der Waals surface area contributed by atoms with E-state index >= 15 is 0 Å². The molecule has 3 aromatic rings. The molecule has 4 rings (SSSR count). The zero-order valence-electron chi connectivity index (χ0n) is 15.4. The standard InChI is InChI=1S/C21H19N3O2S/c1-4-25-14-6-8-19-16(10-14)23-20(27-19)24-17-11-21(2,3)26-18-7-5-13(12-22)9-15(17)18/h5-10H,4,11H2,1-3H3/b24-17-. The molecule has 0 spiro atoms. The molecule has 0 bridgehead atoms. The minimum Gasteiger partial charge on any atom is -0.494 e. The average Bonchev–Trinajstić information content (AvgIpc) is 3.02. The summed E-state index contributed by atoms with van der Waals surface area (Å²) in [5, 5.41) is 9.92. The Bertz CT molecular complexity index is 1090. The first-order chi connectivity index (χ1) is 13.0. The molecule has 2 heterocycles. The van der Waals surface area contributed by atoms with Crippen LogP contribution in [0.2, 0.25) is 0 Å². The second-order valence-corrected chi connectivity index (χ2v) is 7.99. The lowest BCUT2D eigenvalue weighted by molar-refractivity contribution is 0.111. The normalized spacial score (nSPS) is 16.6. The molecular weight excluding hydrogens is 358 g/mol. The van der Waals surface area contributed by atoms with Crippen molar-refractivity contribution in [2.75, 3.05) is 6.61 Å². The van der Waals surface area contributed by atoms with Crippen LogP contribution in [0, 0.1) is 11.3 Å². The minimum atomic E-state index is -0.362. The molecule has 0 radical (unpaired) electrons. The first-order valence-electron chi connectivity index (χ1n) is 8.82. The van der Waals surface area contributed by atoms with Gasteiger partial charge in [0.05, 0.1) is 34.2 Å². The number of hydrogen-bond acceptors (Lipinski definition) is 6. The fourth-order valence-electron chi connectivity index (χ4n) is 3.16. The molecule has 27 heavy (non-hydrogen) atoms. The molecule has 0 amide bonds. The second kappa shape index (κ2) is 6.67. The van der Waals surface area contributed by atoms with Gasteiger partial charge >= 0.3 is 0 Å². The number of nitrogens with zero attached hydrogens (tertiary/aromatic N) is 3. The number of fused-ring (bicyclic) bond motifs is 2. The number of hydrogen-bond donors (Lipinski definition) is 0. The van der Waals surface area contributed by atoms with Gasteiger partial charge in [-0.1, -0.05) is 11.3 Å². The van der Waals surface area contributed by atoms with Gasteiger partial charge in [-0.3, -0.25) is 0 Å². The highest BCUT2D eigenvalue weighted by Crippen LogP contribution is 2.37. The van der Waals surface area contributed by atoms with Crippen molar-refractivity contribution in [3.63, 3.8) is 0 Å². The summed E-state index contributed by atoms with van der Waals surface area (Å²) in [5.41, 5.74) is 2.86. The van der Waals surface area contributed by atoms with E-state index in [1.54, 1.807) is 17.4 Å². The van der Waals surface area contributed by atoms with Crippen molar-refractivity contribution >= 4 is 32.4 Å². The predicted octanol–water partition coefficient (Wildman–Crippen LogP) is 5.25. The van der Waals surface area contributed by atoms with Crippen molar-refractivity contribution in [3.05, 3.63) is 47.5 Å². The number of nitriles is 1. The summed E-state index contributed by atoms with van der Waals surface area (Å²) in [6, 6.07) is 13.5. The minimum absolute atomic E-state index is 0.362.